The van der Waals surface area contributed by atoms with E-state index in [1.165, 1.54) is 0 Å². The van der Waals surface area contributed by atoms with Gasteiger partial charge in [0.15, 0.2) is 6.29 Å². The maximum atomic E-state index is 11.1. The van der Waals surface area contributed by atoms with Crippen LogP contribution in [-0.2, 0) is 0 Å². The first-order chi connectivity index (χ1) is 8.88. The fraction of sp³-hybridized carbons (Fsp3) is 0. The number of aldehydes is 1. The second-order valence-corrected chi connectivity index (χ2v) is 3.95. The lowest BCUT2D eigenvalue weighted by Crippen LogP contribution is -1.93. The number of fused-ring (bicyclic) bond motifs is 1. The fourth-order valence-electron chi connectivity index (χ4n) is 1.93. The lowest BCUT2D eigenvalue weighted by Gasteiger charge is -2.04. The Kier molecular flexibility index (Phi) is 2.57. The topological polar surface area (TPSA) is 42.9 Å². The van der Waals surface area contributed by atoms with E-state index in [2.05, 4.69) is 9.97 Å². The lowest BCUT2D eigenvalue weighted by atomic mass is 10.1. The molecule has 3 aromatic rings. The van der Waals surface area contributed by atoms with Crippen molar-refractivity contribution in [1.82, 2.24) is 9.97 Å². The van der Waals surface area contributed by atoms with Gasteiger partial charge in [0, 0.05) is 17.3 Å². The molecule has 0 aliphatic rings. The summed E-state index contributed by atoms with van der Waals surface area (Å²) in [7, 11) is 0. The summed E-state index contributed by atoms with van der Waals surface area (Å²) in [5.74, 6) is 0. The summed E-state index contributed by atoms with van der Waals surface area (Å²) in [6, 6.07) is 15.2. The van der Waals surface area contributed by atoms with E-state index >= 15 is 0 Å². The molecule has 3 heteroatoms. The highest BCUT2D eigenvalue weighted by atomic mass is 16.1. The first kappa shape index (κ1) is 10.6. The van der Waals surface area contributed by atoms with Gasteiger partial charge < -0.3 is 0 Å². The third kappa shape index (κ3) is 1.76. The maximum absolute atomic E-state index is 11.1. The number of carbonyl (C=O) groups is 1. The summed E-state index contributed by atoms with van der Waals surface area (Å²) in [4.78, 5) is 19.9. The number of benzene rings is 1. The third-order valence-corrected chi connectivity index (χ3v) is 2.79. The van der Waals surface area contributed by atoms with Gasteiger partial charge in [-0.1, -0.05) is 30.3 Å². The summed E-state index contributed by atoms with van der Waals surface area (Å²) in [6.07, 6.45) is 2.49. The van der Waals surface area contributed by atoms with E-state index in [9.17, 15) is 4.79 Å². The average molecular weight is 234 g/mol. The van der Waals surface area contributed by atoms with Crippen LogP contribution in [0.4, 0.5) is 0 Å². The quantitative estimate of drug-likeness (QED) is 0.640. The standard InChI is InChI=1S/C15H10N2O/c18-10-12-9-14(11-5-2-1-3-6-11)17-13-7-4-8-16-15(12)13/h1-10H. The van der Waals surface area contributed by atoms with Crippen LogP contribution in [0.15, 0.2) is 54.7 Å². The van der Waals surface area contributed by atoms with Gasteiger partial charge in [0.05, 0.1) is 16.7 Å². The summed E-state index contributed by atoms with van der Waals surface area (Å²) in [6.45, 7) is 0. The van der Waals surface area contributed by atoms with Crippen molar-refractivity contribution < 1.29 is 4.79 Å². The molecule has 2 aromatic heterocycles. The molecule has 2 heterocycles. The zero-order valence-electron chi connectivity index (χ0n) is 9.58. The average Bonchev–Trinajstić information content (AvgIpc) is 2.47. The highest BCUT2D eigenvalue weighted by molar-refractivity contribution is 5.95. The van der Waals surface area contributed by atoms with Crippen LogP contribution in [0.3, 0.4) is 0 Å². The van der Waals surface area contributed by atoms with Crippen molar-refractivity contribution >= 4 is 17.3 Å². The molecule has 0 radical (unpaired) electrons. The van der Waals surface area contributed by atoms with Crippen LogP contribution in [0.5, 0.6) is 0 Å². The Morgan fingerprint density at radius 1 is 1.00 bits per heavy atom. The van der Waals surface area contributed by atoms with E-state index < -0.39 is 0 Å². The molecule has 86 valence electrons. The maximum Gasteiger partial charge on any atom is 0.152 e. The van der Waals surface area contributed by atoms with Crippen molar-refractivity contribution in [1.29, 1.82) is 0 Å². The van der Waals surface area contributed by atoms with Gasteiger partial charge >= 0.3 is 0 Å². The minimum atomic E-state index is 0.569. The van der Waals surface area contributed by atoms with Crippen LogP contribution in [0.25, 0.3) is 22.3 Å². The molecular formula is C15H10N2O. The summed E-state index contributed by atoms with van der Waals surface area (Å²) >= 11 is 0. The lowest BCUT2D eigenvalue weighted by molar-refractivity contribution is 0.112. The molecule has 1 aromatic carbocycles. The molecule has 0 atom stereocenters. The molecule has 0 aliphatic carbocycles. The van der Waals surface area contributed by atoms with Gasteiger partial charge in [-0.25, -0.2) is 4.98 Å². The van der Waals surface area contributed by atoms with Crippen molar-refractivity contribution in [3.05, 3.63) is 60.3 Å². The molecule has 0 aliphatic heterocycles. The van der Waals surface area contributed by atoms with E-state index in [-0.39, 0.29) is 0 Å². The molecule has 18 heavy (non-hydrogen) atoms. The number of pyridine rings is 2. The van der Waals surface area contributed by atoms with Gasteiger partial charge in [-0.2, -0.15) is 0 Å². The number of hydrogen-bond donors (Lipinski definition) is 0. The van der Waals surface area contributed by atoms with Gasteiger partial charge in [-0.15, -0.1) is 0 Å². The van der Waals surface area contributed by atoms with Gasteiger partial charge in [0.1, 0.15) is 0 Å². The van der Waals surface area contributed by atoms with Crippen molar-refractivity contribution in [3.8, 4) is 11.3 Å². The molecule has 0 bridgehead atoms. The molecule has 0 saturated carbocycles. The van der Waals surface area contributed by atoms with Crippen LogP contribution in [0.1, 0.15) is 10.4 Å². The third-order valence-electron chi connectivity index (χ3n) is 2.79. The molecule has 0 N–H and O–H groups in total. The predicted molar refractivity (Wildman–Crippen MR) is 70.4 cm³/mol. The Hall–Kier alpha value is -2.55. The van der Waals surface area contributed by atoms with Gasteiger partial charge in [0.2, 0.25) is 0 Å². The smallest absolute Gasteiger partial charge is 0.152 e. The van der Waals surface area contributed by atoms with Crippen LogP contribution < -0.4 is 0 Å². The summed E-state index contributed by atoms with van der Waals surface area (Å²) < 4.78 is 0. The van der Waals surface area contributed by atoms with Gasteiger partial charge in [-0.05, 0) is 18.2 Å². The first-order valence-electron chi connectivity index (χ1n) is 5.65. The van der Waals surface area contributed by atoms with Gasteiger partial charge in [-0.3, -0.25) is 9.78 Å². The Morgan fingerprint density at radius 3 is 2.61 bits per heavy atom. The molecule has 0 unspecified atom stereocenters. The molecule has 3 nitrogen and oxygen atoms in total. The summed E-state index contributed by atoms with van der Waals surface area (Å²) in [5.41, 5.74) is 3.73. The molecule has 3 rings (SSSR count). The minimum Gasteiger partial charge on any atom is -0.298 e. The first-order valence-corrected chi connectivity index (χ1v) is 5.65. The number of hydrogen-bond acceptors (Lipinski definition) is 3. The minimum absolute atomic E-state index is 0.569. The highest BCUT2D eigenvalue weighted by Crippen LogP contribution is 2.22. The number of carbonyl (C=O) groups excluding carboxylic acids is 1. The Bertz CT molecular complexity index is 708. The monoisotopic (exact) mass is 234 g/mol. The number of nitrogens with zero attached hydrogens (tertiary/aromatic N) is 2. The second kappa shape index (κ2) is 4.37. The molecule has 0 fully saturated rings. The van der Waals surface area contributed by atoms with Crippen LogP contribution in [-0.4, -0.2) is 16.3 Å². The van der Waals surface area contributed by atoms with Crippen molar-refractivity contribution in [2.75, 3.05) is 0 Å². The Morgan fingerprint density at radius 2 is 1.83 bits per heavy atom. The number of aromatic nitrogens is 2. The highest BCUT2D eigenvalue weighted by Gasteiger charge is 2.07. The van der Waals surface area contributed by atoms with E-state index in [1.54, 1.807) is 12.3 Å². The van der Waals surface area contributed by atoms with Crippen molar-refractivity contribution in [2.45, 2.75) is 0 Å². The van der Waals surface area contributed by atoms with Crippen LogP contribution in [0.2, 0.25) is 0 Å². The normalized spacial score (nSPS) is 10.4. The van der Waals surface area contributed by atoms with Crippen LogP contribution >= 0.6 is 0 Å². The predicted octanol–water partition coefficient (Wildman–Crippen LogP) is 3.11. The molecular weight excluding hydrogens is 224 g/mol. The second-order valence-electron chi connectivity index (χ2n) is 3.95. The molecule has 0 amide bonds. The Labute approximate surface area is 104 Å². The van der Waals surface area contributed by atoms with Crippen LogP contribution in [0, 0.1) is 0 Å². The van der Waals surface area contributed by atoms with E-state index in [0.717, 1.165) is 23.1 Å². The van der Waals surface area contributed by atoms with Crippen molar-refractivity contribution in [3.63, 3.8) is 0 Å². The van der Waals surface area contributed by atoms with E-state index in [0.29, 0.717) is 11.1 Å². The zero-order chi connectivity index (χ0) is 12.4. The van der Waals surface area contributed by atoms with E-state index in [4.69, 9.17) is 0 Å². The molecule has 0 saturated heterocycles. The largest absolute Gasteiger partial charge is 0.298 e. The SMILES string of the molecule is O=Cc1cc(-c2ccccc2)nc2cccnc12. The molecule has 0 spiro atoms. The Balaban J connectivity index is 2.29. The van der Waals surface area contributed by atoms with Crippen molar-refractivity contribution in [2.24, 2.45) is 0 Å². The van der Waals surface area contributed by atoms with E-state index in [1.807, 2.05) is 42.5 Å². The summed E-state index contributed by atoms with van der Waals surface area (Å²) in [5, 5.41) is 0. The zero-order valence-corrected chi connectivity index (χ0v) is 9.58. The fourth-order valence-corrected chi connectivity index (χ4v) is 1.93. The van der Waals surface area contributed by atoms with Gasteiger partial charge in [0.25, 0.3) is 0 Å². The number of rotatable bonds is 2.